The fraction of sp³-hybridized carbons (Fsp3) is 0.333. The monoisotopic (exact) mass is 509 g/mol. The molecular formula is C33H35NO4. The Hall–Kier alpha value is -3.86. The van der Waals surface area contributed by atoms with Crippen molar-refractivity contribution < 1.29 is 13.9 Å². The maximum absolute atomic E-state index is 13.9. The molecule has 1 aromatic heterocycles. The van der Waals surface area contributed by atoms with Crippen LogP contribution in [0.2, 0.25) is 0 Å². The molecule has 5 heteroatoms. The first-order chi connectivity index (χ1) is 18.4. The molecule has 0 N–H and O–H groups in total. The Kier molecular flexibility index (Phi) is 7.37. The summed E-state index contributed by atoms with van der Waals surface area (Å²) in [5, 5.41) is 0.500. The third kappa shape index (κ3) is 4.73. The molecule has 0 spiro atoms. The molecule has 0 radical (unpaired) electrons. The lowest BCUT2D eigenvalue weighted by Gasteiger charge is -2.25. The van der Waals surface area contributed by atoms with Crippen LogP contribution in [0, 0.1) is 13.8 Å². The Bertz CT molecular complexity index is 1520. The Labute approximate surface area is 224 Å². The van der Waals surface area contributed by atoms with Crippen molar-refractivity contribution in [2.24, 2.45) is 0 Å². The summed E-state index contributed by atoms with van der Waals surface area (Å²) in [6.45, 7) is 8.92. The largest absolute Gasteiger partial charge is 0.494 e. The normalized spacial score (nSPS) is 14.8. The molecule has 0 fully saturated rings. The van der Waals surface area contributed by atoms with Crippen LogP contribution in [0.1, 0.15) is 83.9 Å². The lowest BCUT2D eigenvalue weighted by molar-refractivity contribution is 0.0971. The van der Waals surface area contributed by atoms with E-state index in [2.05, 4.69) is 13.8 Å². The zero-order chi connectivity index (χ0) is 26.8. The van der Waals surface area contributed by atoms with Crippen molar-refractivity contribution in [3.8, 4) is 5.75 Å². The van der Waals surface area contributed by atoms with E-state index < -0.39 is 6.04 Å². The molecule has 1 aliphatic heterocycles. The molecule has 0 bridgehead atoms. The second kappa shape index (κ2) is 10.9. The van der Waals surface area contributed by atoms with Crippen molar-refractivity contribution in [1.29, 1.82) is 0 Å². The van der Waals surface area contributed by atoms with Gasteiger partial charge in [0.15, 0.2) is 5.43 Å². The number of carbonyl (C=O) groups is 1. The van der Waals surface area contributed by atoms with Gasteiger partial charge in [0.2, 0.25) is 5.76 Å². The Morgan fingerprint density at radius 2 is 1.58 bits per heavy atom. The molecule has 0 saturated heterocycles. The van der Waals surface area contributed by atoms with E-state index in [4.69, 9.17) is 9.15 Å². The van der Waals surface area contributed by atoms with Crippen LogP contribution in [-0.2, 0) is 6.42 Å². The first-order valence-corrected chi connectivity index (χ1v) is 13.7. The molecule has 5 nitrogen and oxygen atoms in total. The van der Waals surface area contributed by atoms with Crippen molar-refractivity contribution >= 4 is 22.6 Å². The summed E-state index contributed by atoms with van der Waals surface area (Å²) in [6, 6.07) is 18.8. The average Bonchev–Trinajstić information content (AvgIpc) is 3.22. The zero-order valence-electron chi connectivity index (χ0n) is 22.7. The van der Waals surface area contributed by atoms with Gasteiger partial charge in [-0.3, -0.25) is 14.5 Å². The molecule has 1 amide bonds. The number of unbranched alkanes of at least 4 members (excludes halogenated alkanes) is 3. The predicted molar refractivity (Wildman–Crippen MR) is 153 cm³/mol. The molecule has 5 rings (SSSR count). The number of benzene rings is 3. The van der Waals surface area contributed by atoms with E-state index in [0.29, 0.717) is 23.1 Å². The van der Waals surface area contributed by atoms with Crippen LogP contribution in [0.4, 0.5) is 5.69 Å². The van der Waals surface area contributed by atoms with Crippen molar-refractivity contribution in [3.63, 3.8) is 0 Å². The SMILES string of the molecule is CCCCCCOc1ccc(C2c3c(oc4cc(C)c(C)cc4c3=O)C(=O)N2c2ccc(CC)cc2)cc1. The van der Waals surface area contributed by atoms with E-state index in [9.17, 15) is 9.59 Å². The van der Waals surface area contributed by atoms with Gasteiger partial charge in [-0.05, 0) is 85.3 Å². The van der Waals surface area contributed by atoms with Gasteiger partial charge >= 0.3 is 0 Å². The lowest BCUT2D eigenvalue weighted by atomic mass is 9.97. The van der Waals surface area contributed by atoms with Crippen LogP contribution < -0.4 is 15.1 Å². The first-order valence-electron chi connectivity index (χ1n) is 13.7. The third-order valence-electron chi connectivity index (χ3n) is 7.57. The van der Waals surface area contributed by atoms with Crippen LogP contribution in [0.5, 0.6) is 5.75 Å². The average molecular weight is 510 g/mol. The van der Waals surface area contributed by atoms with Gasteiger partial charge in [-0.25, -0.2) is 0 Å². The quantitative estimate of drug-likeness (QED) is 0.217. The number of hydrogen-bond donors (Lipinski definition) is 0. The van der Waals surface area contributed by atoms with E-state index in [1.54, 1.807) is 4.90 Å². The number of hydrogen-bond acceptors (Lipinski definition) is 4. The highest BCUT2D eigenvalue weighted by Gasteiger charge is 2.43. The van der Waals surface area contributed by atoms with Gasteiger partial charge in [0.25, 0.3) is 5.91 Å². The highest BCUT2D eigenvalue weighted by Crippen LogP contribution is 2.41. The highest BCUT2D eigenvalue weighted by molar-refractivity contribution is 6.10. The maximum atomic E-state index is 13.9. The molecule has 2 heterocycles. The fourth-order valence-electron chi connectivity index (χ4n) is 5.17. The molecule has 1 aliphatic rings. The molecule has 38 heavy (non-hydrogen) atoms. The number of ether oxygens (including phenoxy) is 1. The lowest BCUT2D eigenvalue weighted by Crippen LogP contribution is -2.29. The van der Waals surface area contributed by atoms with E-state index in [1.807, 2.05) is 74.5 Å². The van der Waals surface area contributed by atoms with Crippen molar-refractivity contribution in [2.75, 3.05) is 11.5 Å². The topological polar surface area (TPSA) is 59.8 Å². The van der Waals surface area contributed by atoms with Crippen LogP contribution >= 0.6 is 0 Å². The third-order valence-corrected chi connectivity index (χ3v) is 7.57. The van der Waals surface area contributed by atoms with Gasteiger partial charge in [0.05, 0.1) is 23.6 Å². The van der Waals surface area contributed by atoms with Crippen LogP contribution in [-0.4, -0.2) is 12.5 Å². The minimum atomic E-state index is -0.592. The van der Waals surface area contributed by atoms with Gasteiger partial charge in [0.1, 0.15) is 11.3 Å². The summed E-state index contributed by atoms with van der Waals surface area (Å²) in [7, 11) is 0. The summed E-state index contributed by atoms with van der Waals surface area (Å²) in [4.78, 5) is 29.5. The number of carbonyl (C=O) groups excluding carboxylic acids is 1. The van der Waals surface area contributed by atoms with E-state index in [-0.39, 0.29) is 17.1 Å². The van der Waals surface area contributed by atoms with Crippen molar-refractivity contribution in [1.82, 2.24) is 0 Å². The molecular weight excluding hydrogens is 474 g/mol. The zero-order valence-corrected chi connectivity index (χ0v) is 22.7. The van der Waals surface area contributed by atoms with Gasteiger partial charge in [-0.1, -0.05) is 57.4 Å². The van der Waals surface area contributed by atoms with Gasteiger partial charge in [-0.2, -0.15) is 0 Å². The summed E-state index contributed by atoms with van der Waals surface area (Å²) in [6.07, 6.45) is 5.49. The minimum absolute atomic E-state index is 0.117. The van der Waals surface area contributed by atoms with Crippen molar-refractivity contribution in [2.45, 2.75) is 65.8 Å². The summed E-state index contributed by atoms with van der Waals surface area (Å²) in [5.41, 5.74) is 5.45. The Morgan fingerprint density at radius 1 is 0.868 bits per heavy atom. The molecule has 0 saturated carbocycles. The number of fused-ring (bicyclic) bond motifs is 2. The van der Waals surface area contributed by atoms with Crippen LogP contribution in [0.25, 0.3) is 11.0 Å². The van der Waals surface area contributed by atoms with Gasteiger partial charge in [-0.15, -0.1) is 0 Å². The summed E-state index contributed by atoms with van der Waals surface area (Å²) in [5.74, 6) is 0.597. The van der Waals surface area contributed by atoms with Gasteiger partial charge in [0, 0.05) is 5.69 Å². The minimum Gasteiger partial charge on any atom is -0.494 e. The van der Waals surface area contributed by atoms with Gasteiger partial charge < -0.3 is 9.15 Å². The maximum Gasteiger partial charge on any atom is 0.295 e. The summed E-state index contributed by atoms with van der Waals surface area (Å²) < 4.78 is 12.1. The second-order valence-corrected chi connectivity index (χ2v) is 10.2. The van der Waals surface area contributed by atoms with E-state index in [0.717, 1.165) is 47.4 Å². The Balaban J connectivity index is 1.58. The van der Waals surface area contributed by atoms with E-state index >= 15 is 0 Å². The molecule has 4 aromatic rings. The standard InChI is InChI=1S/C33H35NO4/c1-5-7-8-9-18-37-26-16-12-24(13-17-26)30-29-31(35)27-19-21(3)22(4)20-28(27)38-32(29)33(36)34(30)25-14-10-23(6-2)11-15-25/h10-17,19-20,30H,5-9,18H2,1-4H3. The Morgan fingerprint density at radius 3 is 2.26 bits per heavy atom. The second-order valence-electron chi connectivity index (χ2n) is 10.2. The number of aryl methyl sites for hydroxylation is 3. The van der Waals surface area contributed by atoms with Crippen LogP contribution in [0.3, 0.4) is 0 Å². The number of rotatable bonds is 9. The van der Waals surface area contributed by atoms with E-state index in [1.165, 1.54) is 18.4 Å². The van der Waals surface area contributed by atoms with Crippen LogP contribution in [0.15, 0.2) is 69.9 Å². The molecule has 0 aliphatic carbocycles. The number of nitrogens with zero attached hydrogens (tertiary/aromatic N) is 1. The number of amides is 1. The molecule has 196 valence electrons. The summed E-state index contributed by atoms with van der Waals surface area (Å²) >= 11 is 0. The molecule has 3 aromatic carbocycles. The first kappa shape index (κ1) is 25.8. The highest BCUT2D eigenvalue weighted by atomic mass is 16.5. The van der Waals surface area contributed by atoms with Crippen molar-refractivity contribution in [3.05, 3.63) is 104 Å². The fourth-order valence-corrected chi connectivity index (χ4v) is 5.17. The predicted octanol–water partition coefficient (Wildman–Crippen LogP) is 7.68. The number of anilines is 1. The molecule has 1 atom stereocenters. The smallest absolute Gasteiger partial charge is 0.295 e. The molecule has 1 unspecified atom stereocenters.